The molecule has 0 atom stereocenters. The molecule has 0 bridgehead atoms. The summed E-state index contributed by atoms with van der Waals surface area (Å²) in [6.45, 7) is 0.0162. The number of aromatic nitrogens is 2. The zero-order valence-corrected chi connectivity index (χ0v) is 12.2. The van der Waals surface area contributed by atoms with E-state index < -0.39 is 16.0 Å². The quantitative estimate of drug-likeness (QED) is 0.810. The van der Waals surface area contributed by atoms with Gasteiger partial charge in [0.1, 0.15) is 0 Å². The predicted octanol–water partition coefficient (Wildman–Crippen LogP) is 0.526. The van der Waals surface area contributed by atoms with E-state index in [9.17, 15) is 13.2 Å². The molecule has 1 heterocycles. The largest absolute Gasteiger partial charge is 0.481 e. The Labute approximate surface area is 122 Å². The molecule has 1 aromatic carbocycles. The summed E-state index contributed by atoms with van der Waals surface area (Å²) in [5, 5.41) is 8.78. The number of imidazole rings is 1. The van der Waals surface area contributed by atoms with Crippen molar-refractivity contribution in [3.05, 3.63) is 47.9 Å². The molecule has 0 aliphatic carbocycles. The van der Waals surface area contributed by atoms with Crippen LogP contribution >= 0.6 is 0 Å². The van der Waals surface area contributed by atoms with E-state index in [1.165, 1.54) is 17.1 Å². The average molecular weight is 309 g/mol. The second-order valence-electron chi connectivity index (χ2n) is 4.54. The second kappa shape index (κ2) is 6.06. The highest BCUT2D eigenvalue weighted by Crippen LogP contribution is 2.11. The van der Waals surface area contributed by atoms with Crippen LogP contribution < -0.4 is 4.72 Å². The van der Waals surface area contributed by atoms with Crippen LogP contribution in [0.1, 0.15) is 11.1 Å². The minimum atomic E-state index is -3.71. The summed E-state index contributed by atoms with van der Waals surface area (Å²) < 4.78 is 28.1. The van der Waals surface area contributed by atoms with E-state index >= 15 is 0 Å². The highest BCUT2D eigenvalue weighted by molar-refractivity contribution is 7.89. The van der Waals surface area contributed by atoms with Gasteiger partial charge in [-0.1, -0.05) is 24.3 Å². The van der Waals surface area contributed by atoms with Crippen LogP contribution in [0.5, 0.6) is 0 Å². The number of rotatable bonds is 6. The molecule has 2 aromatic rings. The zero-order chi connectivity index (χ0) is 15.5. The van der Waals surface area contributed by atoms with Crippen molar-refractivity contribution in [1.82, 2.24) is 14.3 Å². The summed E-state index contributed by atoms with van der Waals surface area (Å²) in [6.07, 6.45) is 2.64. The third-order valence-corrected chi connectivity index (χ3v) is 4.16. The minimum Gasteiger partial charge on any atom is -0.481 e. The van der Waals surface area contributed by atoms with Crippen LogP contribution in [-0.2, 0) is 34.8 Å². The topological polar surface area (TPSA) is 101 Å². The van der Waals surface area contributed by atoms with Gasteiger partial charge in [-0.3, -0.25) is 4.79 Å². The number of carboxylic acid groups (broad SMARTS) is 1. The Morgan fingerprint density at radius 2 is 2.00 bits per heavy atom. The molecule has 0 unspecified atom stereocenters. The number of hydrogen-bond acceptors (Lipinski definition) is 4. The highest BCUT2D eigenvalue weighted by atomic mass is 32.2. The molecule has 7 nitrogen and oxygen atoms in total. The molecule has 0 aliphatic heterocycles. The van der Waals surface area contributed by atoms with Crippen molar-refractivity contribution in [3.8, 4) is 0 Å². The van der Waals surface area contributed by atoms with Gasteiger partial charge < -0.3 is 9.67 Å². The number of aryl methyl sites for hydroxylation is 1. The van der Waals surface area contributed by atoms with Crippen LogP contribution in [0.4, 0.5) is 0 Å². The van der Waals surface area contributed by atoms with Crippen LogP contribution in [0.2, 0.25) is 0 Å². The summed E-state index contributed by atoms with van der Waals surface area (Å²) >= 11 is 0. The summed E-state index contributed by atoms with van der Waals surface area (Å²) in [7, 11) is -2.04. The first-order valence-electron chi connectivity index (χ1n) is 6.14. The molecule has 0 saturated heterocycles. The number of aliphatic carboxylic acids is 1. The van der Waals surface area contributed by atoms with E-state index in [0.717, 1.165) is 0 Å². The number of benzene rings is 1. The zero-order valence-electron chi connectivity index (χ0n) is 11.4. The average Bonchev–Trinajstić information content (AvgIpc) is 2.85. The third-order valence-electron chi connectivity index (χ3n) is 2.87. The molecular weight excluding hydrogens is 294 g/mol. The Balaban J connectivity index is 2.15. The van der Waals surface area contributed by atoms with Crippen LogP contribution in [0.25, 0.3) is 0 Å². The van der Waals surface area contributed by atoms with Gasteiger partial charge in [-0.25, -0.2) is 18.1 Å². The van der Waals surface area contributed by atoms with E-state index in [2.05, 4.69) is 9.71 Å². The summed E-state index contributed by atoms with van der Waals surface area (Å²) in [4.78, 5) is 14.6. The molecular formula is C13H15N3O4S. The Morgan fingerprint density at radius 1 is 1.33 bits per heavy atom. The Kier molecular flexibility index (Phi) is 4.39. The van der Waals surface area contributed by atoms with Gasteiger partial charge >= 0.3 is 5.97 Å². The molecule has 1 aromatic heterocycles. The fourth-order valence-electron chi connectivity index (χ4n) is 1.84. The standard InChI is InChI=1S/C13H15N3O4S/c1-16-8-12(14-9-16)21(19,20)15-7-11-5-3-2-4-10(11)6-13(17)18/h2-5,8-9,15H,6-7H2,1H3,(H,17,18). The van der Waals surface area contributed by atoms with Crippen molar-refractivity contribution in [1.29, 1.82) is 0 Å². The van der Waals surface area contributed by atoms with E-state index in [-0.39, 0.29) is 18.0 Å². The van der Waals surface area contributed by atoms with Crippen LogP contribution in [-0.4, -0.2) is 29.0 Å². The first-order valence-corrected chi connectivity index (χ1v) is 7.63. The van der Waals surface area contributed by atoms with Crippen molar-refractivity contribution in [2.24, 2.45) is 7.05 Å². The summed E-state index contributed by atoms with van der Waals surface area (Å²) in [5.41, 5.74) is 1.20. The maximum atomic E-state index is 12.0. The molecule has 0 amide bonds. The molecule has 2 N–H and O–H groups in total. The Morgan fingerprint density at radius 3 is 2.57 bits per heavy atom. The molecule has 0 radical (unpaired) electrons. The van der Waals surface area contributed by atoms with Gasteiger partial charge in [0.05, 0.1) is 12.7 Å². The number of nitrogens with one attached hydrogen (secondary N) is 1. The van der Waals surface area contributed by atoms with Crippen molar-refractivity contribution in [2.75, 3.05) is 0 Å². The van der Waals surface area contributed by atoms with Gasteiger partial charge in [-0.2, -0.15) is 0 Å². The fraction of sp³-hybridized carbons (Fsp3) is 0.231. The molecule has 0 spiro atoms. The van der Waals surface area contributed by atoms with Crippen molar-refractivity contribution < 1.29 is 18.3 Å². The second-order valence-corrected chi connectivity index (χ2v) is 6.25. The lowest BCUT2D eigenvalue weighted by molar-refractivity contribution is -0.136. The Hall–Kier alpha value is -2.19. The summed E-state index contributed by atoms with van der Waals surface area (Å²) in [6, 6.07) is 6.81. The molecule has 0 aliphatic rings. The first-order chi connectivity index (χ1) is 9.88. The van der Waals surface area contributed by atoms with Crippen molar-refractivity contribution in [3.63, 3.8) is 0 Å². The van der Waals surface area contributed by atoms with Crippen molar-refractivity contribution in [2.45, 2.75) is 18.0 Å². The van der Waals surface area contributed by atoms with Gasteiger partial charge in [-0.15, -0.1) is 0 Å². The van der Waals surface area contributed by atoms with Crippen molar-refractivity contribution >= 4 is 16.0 Å². The maximum Gasteiger partial charge on any atom is 0.307 e. The lowest BCUT2D eigenvalue weighted by Crippen LogP contribution is -2.24. The first kappa shape index (κ1) is 15.2. The number of carboxylic acids is 1. The predicted molar refractivity (Wildman–Crippen MR) is 75.0 cm³/mol. The molecule has 112 valence electrons. The SMILES string of the molecule is Cn1cnc(S(=O)(=O)NCc2ccccc2CC(=O)O)c1. The smallest absolute Gasteiger partial charge is 0.307 e. The highest BCUT2D eigenvalue weighted by Gasteiger charge is 2.17. The van der Waals surface area contributed by atoms with E-state index in [0.29, 0.717) is 11.1 Å². The number of hydrogen-bond donors (Lipinski definition) is 2. The number of nitrogens with zero attached hydrogens (tertiary/aromatic N) is 2. The Bertz CT molecular complexity index is 752. The molecule has 0 fully saturated rings. The van der Waals surface area contributed by atoms with Gasteiger partial charge in [0.15, 0.2) is 5.03 Å². The lowest BCUT2D eigenvalue weighted by Gasteiger charge is -2.08. The van der Waals surface area contributed by atoms with Crippen LogP contribution in [0.3, 0.4) is 0 Å². The molecule has 0 saturated carbocycles. The van der Waals surface area contributed by atoms with Crippen LogP contribution in [0, 0.1) is 0 Å². The van der Waals surface area contributed by atoms with E-state index in [4.69, 9.17) is 5.11 Å². The molecule has 2 rings (SSSR count). The number of carbonyl (C=O) groups is 1. The molecule has 8 heteroatoms. The lowest BCUT2D eigenvalue weighted by atomic mass is 10.1. The van der Waals surface area contributed by atoms with Gasteiger partial charge in [0, 0.05) is 19.8 Å². The summed E-state index contributed by atoms with van der Waals surface area (Å²) in [5.74, 6) is -0.963. The minimum absolute atomic E-state index is 0.0162. The van der Waals surface area contributed by atoms with E-state index in [1.54, 1.807) is 31.3 Å². The van der Waals surface area contributed by atoms with Gasteiger partial charge in [0.2, 0.25) is 0 Å². The monoisotopic (exact) mass is 309 g/mol. The third kappa shape index (κ3) is 3.89. The maximum absolute atomic E-state index is 12.0. The normalized spacial score (nSPS) is 11.5. The van der Waals surface area contributed by atoms with Gasteiger partial charge in [-0.05, 0) is 11.1 Å². The number of sulfonamides is 1. The molecule has 21 heavy (non-hydrogen) atoms. The van der Waals surface area contributed by atoms with Crippen LogP contribution in [0.15, 0.2) is 41.8 Å². The van der Waals surface area contributed by atoms with E-state index in [1.807, 2.05) is 0 Å². The van der Waals surface area contributed by atoms with Gasteiger partial charge in [0.25, 0.3) is 10.0 Å². The fourth-order valence-corrected chi connectivity index (χ4v) is 2.82.